The second-order valence-corrected chi connectivity index (χ2v) is 4.63. The Balaban J connectivity index is 1.55. The van der Waals surface area contributed by atoms with Gasteiger partial charge in [-0.05, 0) is 35.9 Å². The molecule has 0 fully saturated rings. The van der Waals surface area contributed by atoms with E-state index in [9.17, 15) is 0 Å². The summed E-state index contributed by atoms with van der Waals surface area (Å²) in [5, 5.41) is 8.00. The molecule has 1 aliphatic rings. The fourth-order valence-corrected chi connectivity index (χ4v) is 2.09. The van der Waals surface area contributed by atoms with Crippen LogP contribution < -0.4 is 9.47 Å². The maximum absolute atomic E-state index is 5.58. The molecule has 0 amide bonds. The summed E-state index contributed by atoms with van der Waals surface area (Å²) < 4.78 is 16.2. The lowest BCUT2D eigenvalue weighted by molar-refractivity contribution is 0.174. The van der Waals surface area contributed by atoms with Gasteiger partial charge in [0.2, 0.25) is 18.6 Å². The first-order valence-corrected chi connectivity index (χ1v) is 6.70. The van der Waals surface area contributed by atoms with Crippen molar-refractivity contribution in [3.8, 4) is 23.0 Å². The largest absolute Gasteiger partial charge is 0.454 e. The first kappa shape index (κ1) is 12.6. The highest BCUT2D eigenvalue weighted by Crippen LogP contribution is 2.33. The molecule has 0 bridgehead atoms. The summed E-state index contributed by atoms with van der Waals surface area (Å²) >= 11 is 0. The standard InChI is InChI=1S/C16H11N3O3/c1-2-12(9-17-7-1)16-19-18-15(22-16)6-4-11-3-5-13-14(8-11)21-10-20-13/h1-9H,10H2/b6-4+. The van der Waals surface area contributed by atoms with Gasteiger partial charge in [-0.25, -0.2) is 0 Å². The third-order valence-electron chi connectivity index (χ3n) is 3.16. The van der Waals surface area contributed by atoms with Crippen LogP contribution in [0.3, 0.4) is 0 Å². The molecule has 0 radical (unpaired) electrons. The summed E-state index contributed by atoms with van der Waals surface area (Å²) in [6, 6.07) is 9.39. The van der Waals surface area contributed by atoms with Crippen molar-refractivity contribution in [2.24, 2.45) is 0 Å². The van der Waals surface area contributed by atoms with Crippen LogP contribution in [-0.2, 0) is 0 Å². The highest BCUT2D eigenvalue weighted by molar-refractivity contribution is 5.68. The number of ether oxygens (including phenoxy) is 2. The molecule has 2 aromatic heterocycles. The smallest absolute Gasteiger partial charge is 0.249 e. The Kier molecular flexibility index (Phi) is 3.05. The maximum atomic E-state index is 5.58. The average Bonchev–Trinajstić information content (AvgIpc) is 3.22. The number of aromatic nitrogens is 3. The van der Waals surface area contributed by atoms with Crippen molar-refractivity contribution < 1.29 is 13.9 Å². The Hall–Kier alpha value is -3.15. The van der Waals surface area contributed by atoms with Crippen LogP contribution >= 0.6 is 0 Å². The summed E-state index contributed by atoms with van der Waals surface area (Å²) in [6.45, 7) is 0.265. The number of pyridine rings is 1. The van der Waals surface area contributed by atoms with Gasteiger partial charge in [-0.2, -0.15) is 0 Å². The molecule has 0 saturated carbocycles. The SMILES string of the molecule is C(=C\c1nnc(-c2cccnc2)o1)/c1ccc2c(c1)OCO2. The van der Waals surface area contributed by atoms with Crippen LogP contribution in [0.1, 0.15) is 11.5 Å². The van der Waals surface area contributed by atoms with Crippen LogP contribution in [0.5, 0.6) is 11.5 Å². The first-order valence-electron chi connectivity index (χ1n) is 6.70. The molecule has 3 aromatic rings. The zero-order valence-corrected chi connectivity index (χ0v) is 11.5. The molecule has 108 valence electrons. The lowest BCUT2D eigenvalue weighted by atomic mass is 10.2. The summed E-state index contributed by atoms with van der Waals surface area (Å²) in [5.74, 6) is 2.37. The fraction of sp³-hybridized carbons (Fsp3) is 0.0625. The van der Waals surface area contributed by atoms with Crippen LogP contribution in [0.15, 0.2) is 47.1 Å². The molecule has 0 saturated heterocycles. The number of fused-ring (bicyclic) bond motifs is 1. The second-order valence-electron chi connectivity index (χ2n) is 4.63. The average molecular weight is 293 g/mol. The number of hydrogen-bond acceptors (Lipinski definition) is 6. The fourth-order valence-electron chi connectivity index (χ4n) is 2.09. The quantitative estimate of drug-likeness (QED) is 0.739. The normalized spacial score (nSPS) is 12.9. The molecular weight excluding hydrogens is 282 g/mol. The van der Waals surface area contributed by atoms with Crippen LogP contribution in [0.25, 0.3) is 23.6 Å². The summed E-state index contributed by atoms with van der Waals surface area (Å²) in [4.78, 5) is 4.03. The van der Waals surface area contributed by atoms with Gasteiger partial charge in [0.15, 0.2) is 11.5 Å². The van der Waals surface area contributed by atoms with E-state index in [1.54, 1.807) is 18.5 Å². The van der Waals surface area contributed by atoms with E-state index in [1.807, 2.05) is 36.4 Å². The van der Waals surface area contributed by atoms with Crippen molar-refractivity contribution in [2.45, 2.75) is 0 Å². The van der Waals surface area contributed by atoms with Gasteiger partial charge in [0, 0.05) is 18.5 Å². The van der Waals surface area contributed by atoms with Gasteiger partial charge in [0.1, 0.15) is 0 Å². The molecule has 0 atom stereocenters. The third kappa shape index (κ3) is 2.42. The lowest BCUT2D eigenvalue weighted by Gasteiger charge is -1.96. The van der Waals surface area contributed by atoms with Crippen LogP contribution in [0.4, 0.5) is 0 Å². The Morgan fingerprint density at radius 3 is 2.86 bits per heavy atom. The molecule has 0 unspecified atom stereocenters. The van der Waals surface area contributed by atoms with Crippen molar-refractivity contribution >= 4 is 12.2 Å². The van der Waals surface area contributed by atoms with Crippen molar-refractivity contribution in [1.29, 1.82) is 0 Å². The number of rotatable bonds is 3. The lowest BCUT2D eigenvalue weighted by Crippen LogP contribution is -1.92. The minimum Gasteiger partial charge on any atom is -0.454 e. The third-order valence-corrected chi connectivity index (χ3v) is 3.16. The Bertz CT molecular complexity index is 828. The van der Waals surface area contributed by atoms with Crippen LogP contribution in [0, 0.1) is 0 Å². The van der Waals surface area contributed by atoms with E-state index < -0.39 is 0 Å². The molecule has 6 heteroatoms. The number of hydrogen-bond donors (Lipinski definition) is 0. The molecular formula is C16H11N3O3. The topological polar surface area (TPSA) is 70.3 Å². The predicted octanol–water partition coefficient (Wildman–Crippen LogP) is 3.03. The molecule has 0 N–H and O–H groups in total. The molecule has 1 aromatic carbocycles. The van der Waals surface area contributed by atoms with Crippen LogP contribution in [-0.4, -0.2) is 22.0 Å². The molecule has 0 spiro atoms. The predicted molar refractivity (Wildman–Crippen MR) is 79.0 cm³/mol. The van der Waals surface area contributed by atoms with Gasteiger partial charge in [0.05, 0.1) is 5.56 Å². The van der Waals surface area contributed by atoms with Gasteiger partial charge in [-0.1, -0.05) is 6.07 Å². The zero-order valence-electron chi connectivity index (χ0n) is 11.5. The number of nitrogens with zero attached hydrogens (tertiary/aromatic N) is 3. The minimum atomic E-state index is 0.265. The summed E-state index contributed by atoms with van der Waals surface area (Å²) in [7, 11) is 0. The van der Waals surface area contributed by atoms with E-state index in [4.69, 9.17) is 13.9 Å². The highest BCUT2D eigenvalue weighted by Gasteiger charge is 2.12. The van der Waals surface area contributed by atoms with E-state index in [-0.39, 0.29) is 6.79 Å². The van der Waals surface area contributed by atoms with Crippen molar-refractivity contribution in [3.63, 3.8) is 0 Å². The van der Waals surface area contributed by atoms with E-state index in [0.717, 1.165) is 22.6 Å². The zero-order chi connectivity index (χ0) is 14.8. The van der Waals surface area contributed by atoms with E-state index in [1.165, 1.54) is 0 Å². The van der Waals surface area contributed by atoms with Gasteiger partial charge >= 0.3 is 0 Å². The summed E-state index contributed by atoms with van der Waals surface area (Å²) in [6.07, 6.45) is 7.01. The molecule has 4 rings (SSSR count). The Morgan fingerprint density at radius 1 is 1.00 bits per heavy atom. The summed E-state index contributed by atoms with van der Waals surface area (Å²) in [5.41, 5.74) is 1.75. The Morgan fingerprint density at radius 2 is 1.95 bits per heavy atom. The van der Waals surface area contributed by atoms with Gasteiger partial charge < -0.3 is 13.9 Å². The second kappa shape index (κ2) is 5.33. The molecule has 6 nitrogen and oxygen atoms in total. The minimum absolute atomic E-state index is 0.265. The van der Waals surface area contributed by atoms with Crippen LogP contribution in [0.2, 0.25) is 0 Å². The monoisotopic (exact) mass is 293 g/mol. The highest BCUT2D eigenvalue weighted by atomic mass is 16.7. The van der Waals surface area contributed by atoms with E-state index in [2.05, 4.69) is 15.2 Å². The van der Waals surface area contributed by atoms with Gasteiger partial charge in [-0.15, -0.1) is 10.2 Å². The van der Waals surface area contributed by atoms with Crippen molar-refractivity contribution in [3.05, 3.63) is 54.2 Å². The Labute approximate surface area is 126 Å². The molecule has 0 aliphatic carbocycles. The molecule has 3 heterocycles. The first-order chi connectivity index (χ1) is 10.9. The molecule has 22 heavy (non-hydrogen) atoms. The molecule has 1 aliphatic heterocycles. The van der Waals surface area contributed by atoms with E-state index >= 15 is 0 Å². The van der Waals surface area contributed by atoms with Crippen molar-refractivity contribution in [1.82, 2.24) is 15.2 Å². The van der Waals surface area contributed by atoms with Gasteiger partial charge in [-0.3, -0.25) is 4.98 Å². The van der Waals surface area contributed by atoms with Gasteiger partial charge in [0.25, 0.3) is 0 Å². The maximum Gasteiger partial charge on any atom is 0.249 e. The van der Waals surface area contributed by atoms with E-state index in [0.29, 0.717) is 11.8 Å². The number of benzene rings is 1. The van der Waals surface area contributed by atoms with Crippen molar-refractivity contribution in [2.75, 3.05) is 6.79 Å².